The van der Waals surface area contributed by atoms with E-state index >= 15 is 0 Å². The van der Waals surface area contributed by atoms with Crippen molar-refractivity contribution in [2.45, 2.75) is 6.67 Å². The number of halogens is 2. The van der Waals surface area contributed by atoms with Crippen LogP contribution in [0.15, 0.2) is 22.7 Å². The van der Waals surface area contributed by atoms with Crippen LogP contribution in [0.3, 0.4) is 0 Å². The lowest BCUT2D eigenvalue weighted by atomic mass is 10.2. The molecule has 0 aliphatic rings. The van der Waals surface area contributed by atoms with Crippen LogP contribution in [-0.4, -0.2) is 0 Å². The normalized spacial score (nSPS) is 9.56. The molecule has 0 saturated heterocycles. The lowest BCUT2D eigenvalue weighted by molar-refractivity contribution is 0.485. The number of hydrogen-bond donors (Lipinski definition) is 0. The Morgan fingerprint density at radius 1 is 1.67 bits per heavy atom. The Morgan fingerprint density at radius 3 is 2.89 bits per heavy atom. The van der Waals surface area contributed by atoms with Crippen LogP contribution in [0.25, 0.3) is 0 Å². The highest BCUT2D eigenvalue weighted by Gasteiger charge is 1.89. The molecule has 0 unspecified atom stereocenters. The molecular weight excluding hydrogens is 183 g/mol. The van der Waals surface area contributed by atoms with Gasteiger partial charge in [-0.15, -0.1) is 0 Å². The number of benzene rings is 1. The topological polar surface area (TPSA) is 0 Å². The van der Waals surface area contributed by atoms with Gasteiger partial charge in [0, 0.05) is 4.47 Å². The zero-order valence-corrected chi connectivity index (χ0v) is 6.28. The summed E-state index contributed by atoms with van der Waals surface area (Å²) >= 11 is 3.18. The van der Waals surface area contributed by atoms with E-state index in [2.05, 4.69) is 22.0 Å². The van der Waals surface area contributed by atoms with E-state index in [9.17, 15) is 4.39 Å². The molecule has 0 nitrogen and oxygen atoms in total. The van der Waals surface area contributed by atoms with Crippen LogP contribution in [0, 0.1) is 6.07 Å². The Morgan fingerprint density at radius 2 is 2.44 bits per heavy atom. The molecule has 1 aromatic carbocycles. The summed E-state index contributed by atoms with van der Waals surface area (Å²) in [6.07, 6.45) is 0. The van der Waals surface area contributed by atoms with Gasteiger partial charge in [0.05, 0.1) is 0 Å². The zero-order chi connectivity index (χ0) is 6.69. The van der Waals surface area contributed by atoms with E-state index in [4.69, 9.17) is 0 Å². The minimum atomic E-state index is -0.409. The smallest absolute Gasteiger partial charge is 0.115 e. The predicted molar refractivity (Wildman–Crippen MR) is 37.8 cm³/mol. The average Bonchev–Trinajstić information content (AvgIpc) is 1.88. The summed E-state index contributed by atoms with van der Waals surface area (Å²) in [6.45, 7) is -0.409. The molecule has 0 bridgehead atoms. The molecule has 1 radical (unpaired) electrons. The van der Waals surface area contributed by atoms with Crippen LogP contribution in [0.5, 0.6) is 0 Å². The van der Waals surface area contributed by atoms with Crippen LogP contribution in [0.2, 0.25) is 0 Å². The molecule has 2 heteroatoms. The third-order valence-corrected chi connectivity index (χ3v) is 1.44. The lowest BCUT2D eigenvalue weighted by Gasteiger charge is -1.91. The molecule has 0 aliphatic carbocycles. The van der Waals surface area contributed by atoms with Gasteiger partial charge in [-0.3, -0.25) is 0 Å². The molecule has 0 spiro atoms. The molecule has 0 amide bonds. The molecule has 0 heterocycles. The van der Waals surface area contributed by atoms with Crippen molar-refractivity contribution in [1.29, 1.82) is 0 Å². The van der Waals surface area contributed by atoms with E-state index in [1.807, 2.05) is 0 Å². The van der Waals surface area contributed by atoms with Crippen LogP contribution in [0.4, 0.5) is 4.39 Å². The summed E-state index contributed by atoms with van der Waals surface area (Å²) in [7, 11) is 0. The van der Waals surface area contributed by atoms with Crippen molar-refractivity contribution in [3.05, 3.63) is 34.3 Å². The second-order valence-electron chi connectivity index (χ2n) is 1.68. The van der Waals surface area contributed by atoms with Gasteiger partial charge in [0.25, 0.3) is 0 Å². The van der Waals surface area contributed by atoms with Crippen LogP contribution in [0.1, 0.15) is 5.56 Å². The van der Waals surface area contributed by atoms with Crippen molar-refractivity contribution in [3.63, 3.8) is 0 Å². The first-order chi connectivity index (χ1) is 4.33. The van der Waals surface area contributed by atoms with Gasteiger partial charge < -0.3 is 0 Å². The second kappa shape index (κ2) is 2.97. The van der Waals surface area contributed by atoms with E-state index in [1.165, 1.54) is 0 Å². The van der Waals surface area contributed by atoms with Gasteiger partial charge >= 0.3 is 0 Å². The second-order valence-corrected chi connectivity index (χ2v) is 2.53. The SMILES string of the molecule is FCc1cc[c]c(Br)c1. The van der Waals surface area contributed by atoms with E-state index in [0.717, 1.165) is 4.47 Å². The highest BCUT2D eigenvalue weighted by atomic mass is 79.9. The quantitative estimate of drug-likeness (QED) is 0.635. The number of alkyl halides is 1. The van der Waals surface area contributed by atoms with Crippen molar-refractivity contribution in [1.82, 2.24) is 0 Å². The van der Waals surface area contributed by atoms with Gasteiger partial charge in [-0.2, -0.15) is 0 Å². The van der Waals surface area contributed by atoms with Crippen molar-refractivity contribution in [2.75, 3.05) is 0 Å². The zero-order valence-electron chi connectivity index (χ0n) is 4.70. The third kappa shape index (κ3) is 1.79. The molecule has 1 aromatic rings. The first-order valence-corrected chi connectivity index (χ1v) is 3.34. The standard InChI is InChI=1S/C7H5BrF/c8-7-3-1-2-6(4-7)5-9/h1-2,4H,5H2. The molecule has 0 fully saturated rings. The maximum atomic E-state index is 11.9. The monoisotopic (exact) mass is 187 g/mol. The van der Waals surface area contributed by atoms with Gasteiger partial charge in [0.1, 0.15) is 6.67 Å². The summed E-state index contributed by atoms with van der Waals surface area (Å²) in [6, 6.07) is 7.96. The molecule has 0 N–H and O–H groups in total. The molecule has 1 rings (SSSR count). The largest absolute Gasteiger partial charge is 0.246 e. The molecule has 0 aromatic heterocycles. The first kappa shape index (κ1) is 6.75. The molecule has 9 heavy (non-hydrogen) atoms. The first-order valence-electron chi connectivity index (χ1n) is 2.55. The molecule has 47 valence electrons. The fourth-order valence-corrected chi connectivity index (χ4v) is 0.990. The van der Waals surface area contributed by atoms with Gasteiger partial charge in [-0.05, 0) is 17.7 Å². The van der Waals surface area contributed by atoms with Crippen molar-refractivity contribution < 1.29 is 4.39 Å². The van der Waals surface area contributed by atoms with Crippen LogP contribution >= 0.6 is 15.9 Å². The maximum Gasteiger partial charge on any atom is 0.115 e. The lowest BCUT2D eigenvalue weighted by Crippen LogP contribution is -1.75. The van der Waals surface area contributed by atoms with Gasteiger partial charge in [0.2, 0.25) is 0 Å². The summed E-state index contributed by atoms with van der Waals surface area (Å²) < 4.78 is 12.7. The van der Waals surface area contributed by atoms with E-state index in [-0.39, 0.29) is 0 Å². The Labute approximate surface area is 61.8 Å². The van der Waals surface area contributed by atoms with E-state index in [0.29, 0.717) is 5.56 Å². The average molecular weight is 188 g/mol. The maximum absolute atomic E-state index is 11.9. The van der Waals surface area contributed by atoms with Crippen LogP contribution < -0.4 is 0 Å². The fourth-order valence-electron chi connectivity index (χ4n) is 0.564. The van der Waals surface area contributed by atoms with Gasteiger partial charge in [-0.25, -0.2) is 4.39 Å². The Hall–Kier alpha value is -0.370. The van der Waals surface area contributed by atoms with Gasteiger partial charge in [-0.1, -0.05) is 28.1 Å². The minimum Gasteiger partial charge on any atom is -0.246 e. The van der Waals surface area contributed by atoms with Crippen molar-refractivity contribution >= 4 is 15.9 Å². The Kier molecular flexibility index (Phi) is 2.22. The molecule has 0 aliphatic heterocycles. The summed E-state index contributed by atoms with van der Waals surface area (Å²) in [5.74, 6) is 0. The molecule has 0 saturated carbocycles. The van der Waals surface area contributed by atoms with E-state index < -0.39 is 6.67 Å². The van der Waals surface area contributed by atoms with Crippen molar-refractivity contribution in [3.8, 4) is 0 Å². The van der Waals surface area contributed by atoms with Gasteiger partial charge in [0.15, 0.2) is 0 Å². The minimum absolute atomic E-state index is 0.409. The molecule has 0 atom stereocenters. The fraction of sp³-hybridized carbons (Fsp3) is 0.143. The van der Waals surface area contributed by atoms with Crippen molar-refractivity contribution in [2.24, 2.45) is 0 Å². The highest BCUT2D eigenvalue weighted by Crippen LogP contribution is 2.11. The Bertz CT molecular complexity index is 198. The summed E-state index contributed by atoms with van der Waals surface area (Å²) in [4.78, 5) is 0. The highest BCUT2D eigenvalue weighted by molar-refractivity contribution is 9.10. The van der Waals surface area contributed by atoms with E-state index in [1.54, 1.807) is 18.2 Å². The third-order valence-electron chi connectivity index (χ3n) is 0.985. The number of rotatable bonds is 1. The predicted octanol–water partition coefficient (Wildman–Crippen LogP) is 2.72. The Balaban J connectivity index is 2.94. The molecular formula is C7H5BrF. The number of hydrogen-bond acceptors (Lipinski definition) is 0. The summed E-state index contributed by atoms with van der Waals surface area (Å²) in [5.41, 5.74) is 0.681. The van der Waals surface area contributed by atoms with Crippen LogP contribution in [-0.2, 0) is 6.67 Å². The summed E-state index contributed by atoms with van der Waals surface area (Å²) in [5, 5.41) is 0.